The van der Waals surface area contributed by atoms with Crippen LogP contribution in [0.5, 0.6) is 0 Å². The monoisotopic (exact) mass is 312 g/mol. The lowest BCUT2D eigenvalue weighted by molar-refractivity contribution is 0.0340. The first kappa shape index (κ1) is 14.4. The first-order valence-corrected chi connectivity index (χ1v) is 8.12. The highest BCUT2D eigenvalue weighted by molar-refractivity contribution is 5.94. The number of hydrogen-bond donors (Lipinski definition) is 1. The maximum absolute atomic E-state index is 12.6. The van der Waals surface area contributed by atoms with E-state index in [0.717, 1.165) is 44.5 Å². The highest BCUT2D eigenvalue weighted by atomic mass is 16.3. The van der Waals surface area contributed by atoms with Gasteiger partial charge < -0.3 is 10.0 Å². The minimum Gasteiger partial charge on any atom is -0.390 e. The van der Waals surface area contributed by atoms with Gasteiger partial charge in [-0.1, -0.05) is 0 Å². The van der Waals surface area contributed by atoms with E-state index in [-0.39, 0.29) is 5.91 Å². The zero-order chi connectivity index (χ0) is 15.9. The van der Waals surface area contributed by atoms with Crippen molar-refractivity contribution in [1.82, 2.24) is 19.7 Å². The van der Waals surface area contributed by atoms with Crippen LogP contribution in [0.15, 0.2) is 36.9 Å². The quantitative estimate of drug-likeness (QED) is 0.935. The second kappa shape index (κ2) is 5.45. The van der Waals surface area contributed by atoms with Crippen LogP contribution in [0.25, 0.3) is 5.69 Å². The first-order chi connectivity index (χ1) is 11.2. The predicted molar refractivity (Wildman–Crippen MR) is 84.2 cm³/mol. The van der Waals surface area contributed by atoms with Gasteiger partial charge in [-0.3, -0.25) is 9.36 Å². The highest BCUT2D eigenvalue weighted by Gasteiger charge is 2.48. The minimum absolute atomic E-state index is 0.0709. The van der Waals surface area contributed by atoms with Crippen LogP contribution in [0.4, 0.5) is 0 Å². The summed E-state index contributed by atoms with van der Waals surface area (Å²) in [5.74, 6) is 0.434. The molecule has 0 radical (unpaired) electrons. The van der Waals surface area contributed by atoms with E-state index in [0.29, 0.717) is 11.5 Å². The maximum atomic E-state index is 12.6. The molecule has 6 heteroatoms. The summed E-state index contributed by atoms with van der Waals surface area (Å²) in [4.78, 5) is 14.5. The molecule has 4 rings (SSSR count). The summed E-state index contributed by atoms with van der Waals surface area (Å²) in [6.07, 6.45) is 6.92. The van der Waals surface area contributed by atoms with Crippen LogP contribution >= 0.6 is 0 Å². The molecule has 1 N–H and O–H groups in total. The van der Waals surface area contributed by atoms with Crippen LogP contribution in [-0.4, -0.2) is 49.4 Å². The molecule has 2 aliphatic rings. The molecule has 2 fully saturated rings. The summed E-state index contributed by atoms with van der Waals surface area (Å²) in [6.45, 7) is 1.47. The molecule has 1 amide bonds. The Balaban J connectivity index is 1.41. The van der Waals surface area contributed by atoms with E-state index in [1.54, 1.807) is 17.2 Å². The lowest BCUT2D eigenvalue weighted by Crippen LogP contribution is -2.41. The zero-order valence-corrected chi connectivity index (χ0v) is 12.9. The predicted octanol–water partition coefficient (Wildman–Crippen LogP) is 1.64. The second-order valence-corrected chi connectivity index (χ2v) is 6.59. The van der Waals surface area contributed by atoms with Crippen molar-refractivity contribution in [2.24, 2.45) is 5.92 Å². The third-order valence-corrected chi connectivity index (χ3v) is 5.14. The molecule has 0 spiro atoms. The van der Waals surface area contributed by atoms with E-state index < -0.39 is 5.60 Å². The summed E-state index contributed by atoms with van der Waals surface area (Å²) in [5.41, 5.74) is 1.21. The number of carbonyl (C=O) groups is 1. The SMILES string of the molecule is O=C(c1ccc(-n2cnnc2)cc1)N1CCC(C2(O)CC2)CC1. The lowest BCUT2D eigenvalue weighted by Gasteiger charge is -2.34. The molecule has 1 aromatic carbocycles. The van der Waals surface area contributed by atoms with Crippen molar-refractivity contribution < 1.29 is 9.90 Å². The van der Waals surface area contributed by atoms with E-state index in [4.69, 9.17) is 0 Å². The largest absolute Gasteiger partial charge is 0.390 e. The molecular weight excluding hydrogens is 292 g/mol. The molecule has 0 atom stereocenters. The third kappa shape index (κ3) is 2.74. The summed E-state index contributed by atoms with van der Waals surface area (Å²) in [7, 11) is 0. The second-order valence-electron chi connectivity index (χ2n) is 6.59. The fourth-order valence-corrected chi connectivity index (χ4v) is 3.45. The fraction of sp³-hybridized carbons (Fsp3) is 0.471. The molecule has 1 aliphatic carbocycles. The van der Waals surface area contributed by atoms with Gasteiger partial charge in [0.1, 0.15) is 12.7 Å². The summed E-state index contributed by atoms with van der Waals surface area (Å²) in [5, 5.41) is 17.8. The normalized spacial score (nSPS) is 20.5. The van der Waals surface area contributed by atoms with Gasteiger partial charge >= 0.3 is 0 Å². The Kier molecular flexibility index (Phi) is 3.41. The topological polar surface area (TPSA) is 71.2 Å². The number of benzene rings is 1. The van der Waals surface area contributed by atoms with Crippen LogP contribution in [-0.2, 0) is 0 Å². The van der Waals surface area contributed by atoms with Crippen molar-refractivity contribution in [2.45, 2.75) is 31.3 Å². The molecule has 23 heavy (non-hydrogen) atoms. The van der Waals surface area contributed by atoms with Crippen molar-refractivity contribution in [2.75, 3.05) is 13.1 Å². The number of hydrogen-bond acceptors (Lipinski definition) is 4. The highest BCUT2D eigenvalue weighted by Crippen LogP contribution is 2.46. The lowest BCUT2D eigenvalue weighted by atomic mass is 9.89. The molecule has 1 aromatic heterocycles. The molecule has 2 heterocycles. The Labute approximate surface area is 134 Å². The number of rotatable bonds is 3. The number of carbonyl (C=O) groups excluding carboxylic acids is 1. The van der Waals surface area contributed by atoms with E-state index in [1.165, 1.54) is 0 Å². The van der Waals surface area contributed by atoms with Crippen LogP contribution < -0.4 is 0 Å². The standard InChI is InChI=1S/C17H20N4O2/c22-16(20-9-5-14(6-10-20)17(23)7-8-17)13-1-3-15(4-2-13)21-11-18-19-12-21/h1-4,11-12,14,23H,5-10H2. The van der Waals surface area contributed by atoms with Crippen molar-refractivity contribution >= 4 is 5.91 Å². The van der Waals surface area contributed by atoms with E-state index in [1.807, 2.05) is 29.2 Å². The number of piperidine rings is 1. The Morgan fingerprint density at radius 1 is 1.09 bits per heavy atom. The van der Waals surface area contributed by atoms with Gasteiger partial charge in [-0.05, 0) is 55.9 Å². The minimum atomic E-state index is -0.421. The Hall–Kier alpha value is -2.21. The molecule has 0 bridgehead atoms. The molecule has 1 saturated carbocycles. The van der Waals surface area contributed by atoms with Crippen molar-refractivity contribution in [3.63, 3.8) is 0 Å². The van der Waals surface area contributed by atoms with Crippen molar-refractivity contribution in [1.29, 1.82) is 0 Å². The van der Waals surface area contributed by atoms with E-state index >= 15 is 0 Å². The van der Waals surface area contributed by atoms with Gasteiger partial charge in [0.05, 0.1) is 5.60 Å². The Bertz CT molecular complexity index is 684. The van der Waals surface area contributed by atoms with Crippen molar-refractivity contribution in [3.05, 3.63) is 42.5 Å². The summed E-state index contributed by atoms with van der Waals surface area (Å²) >= 11 is 0. The molecule has 0 unspecified atom stereocenters. The van der Waals surface area contributed by atoms with Gasteiger partial charge in [0, 0.05) is 24.3 Å². The number of aromatic nitrogens is 3. The van der Waals surface area contributed by atoms with Crippen LogP contribution in [0.3, 0.4) is 0 Å². The fourth-order valence-electron chi connectivity index (χ4n) is 3.45. The molecule has 1 saturated heterocycles. The maximum Gasteiger partial charge on any atom is 0.253 e. The number of likely N-dealkylation sites (tertiary alicyclic amines) is 1. The molecular formula is C17H20N4O2. The van der Waals surface area contributed by atoms with Gasteiger partial charge in [-0.25, -0.2) is 0 Å². The summed E-state index contributed by atoms with van der Waals surface area (Å²) < 4.78 is 1.80. The first-order valence-electron chi connectivity index (χ1n) is 8.12. The number of aliphatic hydroxyl groups is 1. The van der Waals surface area contributed by atoms with Gasteiger partial charge in [0.25, 0.3) is 5.91 Å². The van der Waals surface area contributed by atoms with Crippen LogP contribution in [0, 0.1) is 5.92 Å². The molecule has 6 nitrogen and oxygen atoms in total. The molecule has 1 aliphatic heterocycles. The molecule has 120 valence electrons. The van der Waals surface area contributed by atoms with Gasteiger partial charge in [-0.15, -0.1) is 10.2 Å². The Morgan fingerprint density at radius 2 is 1.70 bits per heavy atom. The third-order valence-electron chi connectivity index (χ3n) is 5.14. The van der Waals surface area contributed by atoms with Crippen LogP contribution in [0.2, 0.25) is 0 Å². The zero-order valence-electron chi connectivity index (χ0n) is 12.9. The van der Waals surface area contributed by atoms with Gasteiger partial charge in [-0.2, -0.15) is 0 Å². The van der Waals surface area contributed by atoms with Gasteiger partial charge in [0.15, 0.2) is 0 Å². The van der Waals surface area contributed by atoms with Crippen molar-refractivity contribution in [3.8, 4) is 5.69 Å². The van der Waals surface area contributed by atoms with Crippen LogP contribution in [0.1, 0.15) is 36.0 Å². The Morgan fingerprint density at radius 3 is 2.26 bits per heavy atom. The van der Waals surface area contributed by atoms with Gasteiger partial charge in [0.2, 0.25) is 0 Å². The molecule has 2 aromatic rings. The number of amides is 1. The van der Waals surface area contributed by atoms with E-state index in [2.05, 4.69) is 10.2 Å². The smallest absolute Gasteiger partial charge is 0.253 e. The average Bonchev–Trinajstić information content (AvgIpc) is 3.13. The summed E-state index contributed by atoms with van der Waals surface area (Å²) in [6, 6.07) is 7.49. The number of nitrogens with zero attached hydrogens (tertiary/aromatic N) is 4. The average molecular weight is 312 g/mol. The van der Waals surface area contributed by atoms with E-state index in [9.17, 15) is 9.90 Å².